The summed E-state index contributed by atoms with van der Waals surface area (Å²) >= 11 is 29.9. The van der Waals surface area contributed by atoms with Crippen LogP contribution in [0.1, 0.15) is 47.2 Å². The molecule has 1 unspecified atom stereocenters. The lowest BCUT2D eigenvalue weighted by atomic mass is 9.80. The molecule has 0 aliphatic carbocycles. The van der Waals surface area contributed by atoms with E-state index in [9.17, 15) is 19.2 Å². The van der Waals surface area contributed by atoms with Crippen LogP contribution in [0.3, 0.4) is 0 Å². The fraction of sp³-hybridized carbons (Fsp3) is 0.234. The maximum atomic E-state index is 12.4. The van der Waals surface area contributed by atoms with Crippen LogP contribution in [0.4, 0.5) is 11.4 Å². The van der Waals surface area contributed by atoms with Gasteiger partial charge in [0.15, 0.2) is 4.60 Å². The number of nitrogens with zero attached hydrogens (tertiary/aromatic N) is 14. The van der Waals surface area contributed by atoms with Crippen molar-refractivity contribution >= 4 is 176 Å². The number of ether oxygens (including phenoxy) is 2. The van der Waals surface area contributed by atoms with Gasteiger partial charge in [-0.05, 0) is 136 Å². The molecule has 0 bridgehead atoms. The van der Waals surface area contributed by atoms with Crippen LogP contribution in [0, 0.1) is 0 Å². The Labute approximate surface area is 618 Å². The van der Waals surface area contributed by atoms with Crippen molar-refractivity contribution in [2.45, 2.75) is 57.7 Å². The number of hydrogen-bond acceptors (Lipinski definition) is 21. The number of aromatic nitrogens is 15. The molecule has 1 amide bonds. The Hall–Kier alpha value is -9.32. The highest BCUT2D eigenvalue weighted by molar-refractivity contribution is 9.10. The van der Waals surface area contributed by atoms with Crippen molar-refractivity contribution in [2.75, 3.05) is 24.7 Å². The summed E-state index contributed by atoms with van der Waals surface area (Å²) in [6, 6.07) is 23.2. The minimum Gasteiger partial charge on any atom is -0.502 e. The van der Waals surface area contributed by atoms with Crippen LogP contribution in [0.5, 0.6) is 0 Å². The number of anilines is 2. The largest absolute Gasteiger partial charge is 0.502 e. The number of fused-ring (bicyclic) bond motifs is 5. The topological polar surface area (TPSA) is 388 Å². The Morgan fingerprint density at radius 3 is 1.50 bits per heavy atom. The second-order valence-corrected chi connectivity index (χ2v) is 26.5. The van der Waals surface area contributed by atoms with E-state index < -0.39 is 24.1 Å². The number of aromatic amines is 1. The first kappa shape index (κ1) is 76.9. The molecule has 0 spiro atoms. The van der Waals surface area contributed by atoms with Gasteiger partial charge in [0.2, 0.25) is 0 Å². The van der Waals surface area contributed by atoms with Crippen LogP contribution in [-0.2, 0) is 51.8 Å². The highest BCUT2D eigenvalue weighted by Gasteiger charge is 2.50. The smallest absolute Gasteiger partial charge is 0.490 e. The Balaban J connectivity index is 0.000000146. The summed E-state index contributed by atoms with van der Waals surface area (Å²) in [5, 5.41) is 51.3. The van der Waals surface area contributed by atoms with Crippen molar-refractivity contribution in [3.05, 3.63) is 196 Å². The third-order valence-corrected chi connectivity index (χ3v) is 18.2. The van der Waals surface area contributed by atoms with Crippen LogP contribution in [0.25, 0.3) is 77.8 Å². The number of nitrogens with two attached hydrogens (primary N) is 3. The van der Waals surface area contributed by atoms with Gasteiger partial charge in [0, 0.05) is 86.8 Å². The first-order valence-corrected chi connectivity index (χ1v) is 34.0. The lowest BCUT2D eigenvalue weighted by Gasteiger charge is -2.32. The Morgan fingerprint density at radius 1 is 0.598 bits per heavy atom. The van der Waals surface area contributed by atoms with Gasteiger partial charge in [-0.25, -0.2) is 5.43 Å². The summed E-state index contributed by atoms with van der Waals surface area (Å²) in [5.74, 6) is 1.38. The second kappa shape index (κ2) is 32.8. The standard InChI is InChI=1S/C16H16ClN5O2.C14H10ClN5O.C12H9BrClN5O.C10H19BO3.C8H9BN2O2.C4H5BrClN3O/c1-3-24-7-6-13-15(18)14(17)16(23)22(20-13)11-4-5-12-10(8-11)9-21(2)19-12;1-19-7-8-6-9(2-3-10(8)17-19)20-14(21)12(15)13-11(18-20)4-5-16-13;1-18-5-6-4-7(2-3-8(6)16-18)19-12(20)9(14)10(15)11(13)17-19;1-6-12-8-7-11-13-9(2,3)10(4,5)14-11;1-11-5-6-4-7(9(12)13)2-3-8(6)10-11;5-3-2(7)1(6)4(10)9-8-3/h4-9H,3,18H2,1-2H3;2-7,16H,1H3;2-5H,15H2,1H3;7-8H,6H2,1-5H3;2-5,12-13H,1H3;3,8H,7H2,(H,9,10)/b7-6+;;;8-7+;;. The molecule has 11 N–H and O–H groups in total. The molecule has 102 heavy (non-hydrogen) atoms. The predicted octanol–water partition coefficient (Wildman–Crippen LogP) is 7.91. The summed E-state index contributed by atoms with van der Waals surface area (Å²) < 4.78 is 32.6. The van der Waals surface area contributed by atoms with E-state index in [2.05, 4.69) is 83.4 Å². The highest BCUT2D eigenvalue weighted by atomic mass is 79.9. The van der Waals surface area contributed by atoms with Crippen LogP contribution < -0.4 is 50.2 Å². The summed E-state index contributed by atoms with van der Waals surface area (Å²) in [4.78, 5) is 50.2. The van der Waals surface area contributed by atoms with Crippen molar-refractivity contribution in [3.63, 3.8) is 0 Å². The minimum atomic E-state index is -1.41. The number of amides is 1. The van der Waals surface area contributed by atoms with Gasteiger partial charge in [-0.3, -0.25) is 43.3 Å². The number of hydrogen-bond donors (Lipinski definition) is 8. The summed E-state index contributed by atoms with van der Waals surface area (Å²) in [6.07, 6.45) is 13.8. The van der Waals surface area contributed by atoms with Gasteiger partial charge >= 0.3 is 14.2 Å². The zero-order valence-electron chi connectivity index (χ0n) is 56.3. The molecule has 14 rings (SSSR count). The number of benzene rings is 4. The molecule has 30 nitrogen and oxygen atoms in total. The molecular weight excluding hydrogens is 1530 g/mol. The van der Waals surface area contributed by atoms with Crippen LogP contribution in [0.15, 0.2) is 158 Å². The van der Waals surface area contributed by atoms with Crippen molar-refractivity contribution in [1.82, 2.24) is 84.3 Å². The van der Waals surface area contributed by atoms with E-state index >= 15 is 0 Å². The number of halogens is 6. The average molecular weight is 1600 g/mol. The predicted molar refractivity (Wildman–Crippen MR) is 405 cm³/mol. The molecule has 532 valence electrons. The van der Waals surface area contributed by atoms with Gasteiger partial charge in [-0.1, -0.05) is 74.5 Å². The molecule has 4 aromatic carbocycles. The molecule has 0 saturated carbocycles. The molecule has 2 aliphatic rings. The van der Waals surface area contributed by atoms with Gasteiger partial charge in [0.05, 0.1) is 98.7 Å². The van der Waals surface area contributed by atoms with E-state index in [4.69, 9.17) is 92.4 Å². The monoisotopic (exact) mass is 1600 g/mol. The Morgan fingerprint density at radius 2 is 1.03 bits per heavy atom. The molecule has 1 saturated heterocycles. The first-order chi connectivity index (χ1) is 48.3. The van der Waals surface area contributed by atoms with Crippen molar-refractivity contribution in [1.29, 1.82) is 0 Å². The number of rotatable bonds is 10. The molecule has 12 aromatic rings. The SMILES string of the molecule is CCO/C=C/B1OC(C)(C)C(C)(C)O1.CCO/C=C/c1nn(-c2ccc3nn(C)cc3c2)c(=O)c(Cl)c1N.Cn1cc2cc(-n3nc(Br)c(N)c(Cl)c3=O)ccc2n1.Cn1cc2cc(-n3nc4cc[nH]c4c(Cl)c3=O)ccc2n1.Cn1cc2cc(B(O)O)ccc2n1.NC1=C(Cl)C(=O)NNC1Br. The second-order valence-electron chi connectivity index (χ2n) is 23.4. The normalized spacial score (nSPS) is 14.6. The van der Waals surface area contributed by atoms with E-state index in [1.807, 2.05) is 131 Å². The summed E-state index contributed by atoms with van der Waals surface area (Å²) in [6.45, 7) is 13.1. The third-order valence-electron chi connectivity index (χ3n) is 15.4. The molecule has 1 fully saturated rings. The molecule has 10 heterocycles. The number of H-pyrrole nitrogens is 1. The van der Waals surface area contributed by atoms with Crippen LogP contribution in [-0.4, -0.2) is 133 Å². The lowest BCUT2D eigenvalue weighted by Crippen LogP contribution is -2.49. The molecule has 1 atom stereocenters. The molecule has 0 radical (unpaired) electrons. The molecule has 38 heteroatoms. The number of carbonyl (C=O) groups excluding carboxylic acids is 1. The fourth-order valence-electron chi connectivity index (χ4n) is 9.66. The number of hydrazine groups is 1. The van der Waals surface area contributed by atoms with E-state index in [-0.39, 0.29) is 60.3 Å². The highest BCUT2D eigenvalue weighted by Crippen LogP contribution is 2.37. The number of nitrogen functional groups attached to an aromatic ring is 2. The molecule has 8 aromatic heterocycles. The maximum Gasteiger partial charge on any atom is 0.490 e. The van der Waals surface area contributed by atoms with Crippen LogP contribution in [0.2, 0.25) is 15.1 Å². The summed E-state index contributed by atoms with van der Waals surface area (Å²) in [7, 11) is 5.64. The first-order valence-electron chi connectivity index (χ1n) is 30.8. The average Bonchev–Trinajstić information content (AvgIpc) is 1.54. The van der Waals surface area contributed by atoms with Crippen molar-refractivity contribution < 1.29 is 33.6 Å². The molecular formula is C64H68B2Br2Cl4N20O10. The van der Waals surface area contributed by atoms with Crippen molar-refractivity contribution in [2.24, 2.45) is 33.9 Å². The third kappa shape index (κ3) is 17.8. The number of carbonyl (C=O) groups is 1. The van der Waals surface area contributed by atoms with Gasteiger partial charge in [0.1, 0.15) is 36.3 Å². The van der Waals surface area contributed by atoms with Gasteiger partial charge < -0.3 is 51.0 Å². The lowest BCUT2D eigenvalue weighted by molar-refractivity contribution is -0.118. The number of nitrogens with one attached hydrogen (secondary N) is 3. The Bertz CT molecular complexity index is 5360. The van der Waals surface area contributed by atoms with E-state index in [0.717, 1.165) is 43.6 Å². The zero-order chi connectivity index (χ0) is 74.2. The van der Waals surface area contributed by atoms with Gasteiger partial charge in [-0.2, -0.15) is 49.7 Å². The Kier molecular flexibility index (Phi) is 24.7. The number of alkyl halides is 1. The van der Waals surface area contributed by atoms with E-state index in [0.29, 0.717) is 62.8 Å². The van der Waals surface area contributed by atoms with Gasteiger partial charge in [-0.15, -0.1) is 0 Å². The van der Waals surface area contributed by atoms with E-state index in [1.165, 1.54) is 20.3 Å². The minimum absolute atomic E-state index is 0.0284. The quantitative estimate of drug-likeness (QED) is 0.0279. The van der Waals surface area contributed by atoms with Crippen molar-refractivity contribution in [3.8, 4) is 17.1 Å². The maximum absolute atomic E-state index is 12.4. The fourth-order valence-corrected chi connectivity index (χ4v) is 11.3. The van der Waals surface area contributed by atoms with E-state index in [1.54, 1.807) is 85.7 Å². The van der Waals surface area contributed by atoms with Gasteiger partial charge in [0.25, 0.3) is 22.6 Å². The number of aryl methyl sites for hydroxylation is 4. The zero-order valence-corrected chi connectivity index (χ0v) is 62.5. The van der Waals surface area contributed by atoms with Crippen LogP contribution >= 0.6 is 78.3 Å². The molecule has 2 aliphatic heterocycles. The summed E-state index contributed by atoms with van der Waals surface area (Å²) in [5.41, 5.74) is 27.8.